The van der Waals surface area contributed by atoms with Crippen molar-refractivity contribution in [3.05, 3.63) is 0 Å². The molecule has 5 heteroatoms. The van der Waals surface area contributed by atoms with Crippen molar-refractivity contribution in [1.29, 1.82) is 0 Å². The largest absolute Gasteiger partial charge is 0.379 e. The van der Waals surface area contributed by atoms with E-state index in [0.717, 1.165) is 18.9 Å². The van der Waals surface area contributed by atoms with Crippen molar-refractivity contribution in [3.8, 4) is 0 Å². The van der Waals surface area contributed by atoms with E-state index in [9.17, 15) is 0 Å². The fraction of sp³-hybridized carbons (Fsp3) is 0.500. The van der Waals surface area contributed by atoms with Gasteiger partial charge in [0.15, 0.2) is 11.6 Å². The van der Waals surface area contributed by atoms with E-state index in [0.29, 0.717) is 5.82 Å². The Balaban J connectivity index is 2.56. The molecule has 3 N–H and O–H groups in total. The van der Waals surface area contributed by atoms with E-state index in [1.165, 1.54) is 0 Å². The molecule has 0 unspecified atom stereocenters. The summed E-state index contributed by atoms with van der Waals surface area (Å²) in [6.45, 7) is 1.79. The summed E-state index contributed by atoms with van der Waals surface area (Å²) in [4.78, 5) is 0. The lowest BCUT2D eigenvalue weighted by molar-refractivity contribution is 0.655. The number of nitrogens with zero attached hydrogens (tertiary/aromatic N) is 3. The molecule has 0 fully saturated rings. The summed E-state index contributed by atoms with van der Waals surface area (Å²) in [7, 11) is 0. The lowest BCUT2D eigenvalue weighted by atomic mass is 10.6. The summed E-state index contributed by atoms with van der Waals surface area (Å²) in [5.41, 5.74) is 5.43. The molecule has 0 bridgehead atoms. The quantitative estimate of drug-likeness (QED) is 0.480. The van der Waals surface area contributed by atoms with Gasteiger partial charge in [-0.05, 0) is 0 Å². The van der Waals surface area contributed by atoms with E-state index in [1.807, 2.05) is 0 Å². The van der Waals surface area contributed by atoms with E-state index < -0.39 is 0 Å². The van der Waals surface area contributed by atoms with Crippen LogP contribution < -0.4 is 11.1 Å². The number of hydrogen-bond acceptors (Lipinski definition) is 4. The van der Waals surface area contributed by atoms with Crippen LogP contribution in [-0.4, -0.2) is 21.5 Å². The Morgan fingerprint density at radius 1 is 1.67 bits per heavy atom. The smallest absolute Gasteiger partial charge is 0.190 e. The lowest BCUT2D eigenvalue weighted by Gasteiger charge is -1.89. The standard InChI is InChI=1S/C4H7N5/c5-3-4-6-1-2-9(4)8-7-3/h6H,1-2,5H2. The molecule has 5 nitrogen and oxygen atoms in total. The molecule has 0 amide bonds. The molecule has 48 valence electrons. The second kappa shape index (κ2) is 1.37. The van der Waals surface area contributed by atoms with Gasteiger partial charge >= 0.3 is 0 Å². The van der Waals surface area contributed by atoms with Gasteiger partial charge in [-0.1, -0.05) is 5.21 Å². The fourth-order valence-corrected chi connectivity index (χ4v) is 0.945. The number of nitrogens with one attached hydrogen (secondary N) is 1. The Morgan fingerprint density at radius 3 is 3.33 bits per heavy atom. The monoisotopic (exact) mass is 125 g/mol. The van der Waals surface area contributed by atoms with Gasteiger partial charge in [0.25, 0.3) is 0 Å². The summed E-state index contributed by atoms with van der Waals surface area (Å²) in [5, 5.41) is 10.5. The highest BCUT2D eigenvalue weighted by Crippen LogP contribution is 2.17. The Labute approximate surface area is 51.8 Å². The molecule has 9 heavy (non-hydrogen) atoms. The van der Waals surface area contributed by atoms with Crippen molar-refractivity contribution in [2.75, 3.05) is 17.6 Å². The molecular weight excluding hydrogens is 118 g/mol. The maximum Gasteiger partial charge on any atom is 0.190 e. The van der Waals surface area contributed by atoms with Crippen LogP contribution in [0, 0.1) is 0 Å². The van der Waals surface area contributed by atoms with Crippen LogP contribution in [0.3, 0.4) is 0 Å². The molecule has 1 aliphatic heterocycles. The Kier molecular flexibility index (Phi) is 0.700. The first-order chi connectivity index (χ1) is 4.38. The molecule has 2 rings (SSSR count). The minimum atomic E-state index is 0.493. The van der Waals surface area contributed by atoms with Gasteiger partial charge in [-0.15, -0.1) is 5.10 Å². The van der Waals surface area contributed by atoms with Crippen LogP contribution in [0.1, 0.15) is 0 Å². The van der Waals surface area contributed by atoms with Crippen molar-refractivity contribution < 1.29 is 0 Å². The zero-order valence-electron chi connectivity index (χ0n) is 4.83. The molecule has 0 saturated carbocycles. The highest BCUT2D eigenvalue weighted by Gasteiger charge is 2.13. The number of anilines is 2. The van der Waals surface area contributed by atoms with Crippen LogP contribution in [0.4, 0.5) is 11.6 Å². The molecule has 0 aliphatic carbocycles. The van der Waals surface area contributed by atoms with Crippen molar-refractivity contribution in [2.45, 2.75) is 6.54 Å². The van der Waals surface area contributed by atoms with E-state index >= 15 is 0 Å². The Bertz CT molecular complexity index is 227. The molecule has 2 heterocycles. The average Bonchev–Trinajstić information content (AvgIpc) is 2.35. The van der Waals surface area contributed by atoms with Crippen LogP contribution >= 0.6 is 0 Å². The number of hydrogen-bond donors (Lipinski definition) is 2. The topological polar surface area (TPSA) is 68.8 Å². The van der Waals surface area contributed by atoms with E-state index in [4.69, 9.17) is 5.73 Å². The number of fused-ring (bicyclic) bond motifs is 1. The summed E-state index contributed by atoms with van der Waals surface area (Å²) in [6.07, 6.45) is 0. The number of nitrogens with two attached hydrogens (primary N) is 1. The van der Waals surface area contributed by atoms with Gasteiger partial charge in [-0.25, -0.2) is 4.68 Å². The highest BCUT2D eigenvalue weighted by molar-refractivity contribution is 5.57. The van der Waals surface area contributed by atoms with Crippen molar-refractivity contribution in [1.82, 2.24) is 15.0 Å². The van der Waals surface area contributed by atoms with Gasteiger partial charge < -0.3 is 11.1 Å². The molecule has 0 saturated heterocycles. The third-order valence-corrected chi connectivity index (χ3v) is 1.38. The van der Waals surface area contributed by atoms with Gasteiger partial charge in [0.1, 0.15) is 0 Å². The molecule has 0 spiro atoms. The number of nitrogen functional groups attached to an aromatic ring is 1. The van der Waals surface area contributed by atoms with Crippen molar-refractivity contribution in [2.24, 2.45) is 0 Å². The minimum Gasteiger partial charge on any atom is -0.379 e. The fourth-order valence-electron chi connectivity index (χ4n) is 0.945. The van der Waals surface area contributed by atoms with E-state index in [-0.39, 0.29) is 0 Å². The predicted molar refractivity (Wildman–Crippen MR) is 32.9 cm³/mol. The van der Waals surface area contributed by atoms with Gasteiger partial charge in [0.2, 0.25) is 0 Å². The molecule has 1 aromatic rings. The first-order valence-electron chi connectivity index (χ1n) is 2.81. The minimum absolute atomic E-state index is 0.493. The second-order valence-corrected chi connectivity index (χ2v) is 1.97. The molecule has 1 aliphatic rings. The first kappa shape index (κ1) is 4.60. The normalized spacial score (nSPS) is 15.1. The lowest BCUT2D eigenvalue weighted by Crippen LogP contribution is -1.97. The van der Waals surface area contributed by atoms with Gasteiger partial charge in [-0.3, -0.25) is 0 Å². The summed E-state index contributed by atoms with van der Waals surface area (Å²) in [6, 6.07) is 0. The van der Waals surface area contributed by atoms with E-state index in [1.54, 1.807) is 4.68 Å². The third-order valence-electron chi connectivity index (χ3n) is 1.38. The maximum absolute atomic E-state index is 5.43. The SMILES string of the molecule is Nc1nnn2c1NCC2. The Morgan fingerprint density at radius 2 is 2.56 bits per heavy atom. The maximum atomic E-state index is 5.43. The highest BCUT2D eigenvalue weighted by atomic mass is 15.5. The number of aromatic nitrogens is 3. The predicted octanol–water partition coefficient (Wildman–Crippen LogP) is -0.714. The van der Waals surface area contributed by atoms with Crippen molar-refractivity contribution >= 4 is 11.6 Å². The zero-order chi connectivity index (χ0) is 6.27. The molecular formula is C4H7N5. The molecule has 0 aromatic carbocycles. The van der Waals surface area contributed by atoms with Crippen LogP contribution in [0.5, 0.6) is 0 Å². The van der Waals surface area contributed by atoms with Crippen molar-refractivity contribution in [3.63, 3.8) is 0 Å². The van der Waals surface area contributed by atoms with E-state index in [2.05, 4.69) is 15.6 Å². The van der Waals surface area contributed by atoms with Crippen LogP contribution in [0.15, 0.2) is 0 Å². The second-order valence-electron chi connectivity index (χ2n) is 1.97. The van der Waals surface area contributed by atoms with Crippen LogP contribution in [0.25, 0.3) is 0 Å². The molecule has 0 radical (unpaired) electrons. The Hall–Kier alpha value is -1.26. The van der Waals surface area contributed by atoms with Crippen LogP contribution in [-0.2, 0) is 6.54 Å². The van der Waals surface area contributed by atoms with Gasteiger partial charge in [0, 0.05) is 6.54 Å². The van der Waals surface area contributed by atoms with Gasteiger partial charge in [-0.2, -0.15) is 0 Å². The summed E-state index contributed by atoms with van der Waals surface area (Å²) in [5.74, 6) is 1.35. The summed E-state index contributed by atoms with van der Waals surface area (Å²) < 4.78 is 1.76. The first-order valence-corrected chi connectivity index (χ1v) is 2.81. The molecule has 0 atom stereocenters. The summed E-state index contributed by atoms with van der Waals surface area (Å²) >= 11 is 0. The molecule has 1 aromatic heterocycles. The zero-order valence-corrected chi connectivity index (χ0v) is 4.83. The third kappa shape index (κ3) is 0.481. The number of rotatable bonds is 0. The van der Waals surface area contributed by atoms with Crippen LogP contribution in [0.2, 0.25) is 0 Å². The average molecular weight is 125 g/mol. The van der Waals surface area contributed by atoms with Gasteiger partial charge in [0.05, 0.1) is 6.54 Å².